The Balaban J connectivity index is 2.87. The van der Waals surface area contributed by atoms with Crippen molar-refractivity contribution in [3.8, 4) is 0 Å². The van der Waals surface area contributed by atoms with Crippen LogP contribution in [-0.4, -0.2) is 18.3 Å². The summed E-state index contributed by atoms with van der Waals surface area (Å²) in [5.74, 6) is 0.769. The van der Waals surface area contributed by atoms with E-state index in [0.29, 0.717) is 0 Å². The standard InChI is InChI=1S/C8H14N2O2/c1-6(2)10(11-4)8-5-9-12-7(8)3/h5-6H,1-4H3. The quantitative estimate of drug-likeness (QED) is 0.648. The number of aryl methyl sites for hydroxylation is 1. The molecular formula is C8H14N2O2. The molecule has 0 unspecified atom stereocenters. The molecule has 12 heavy (non-hydrogen) atoms. The van der Waals surface area contributed by atoms with Crippen LogP contribution in [0.25, 0.3) is 0 Å². The summed E-state index contributed by atoms with van der Waals surface area (Å²) in [7, 11) is 1.63. The SMILES string of the molecule is CON(c1cnoc1C)C(C)C. The first-order valence-electron chi connectivity index (χ1n) is 3.91. The molecule has 0 radical (unpaired) electrons. The number of hydroxylamine groups is 1. The molecule has 0 N–H and O–H groups in total. The van der Waals surface area contributed by atoms with Gasteiger partial charge in [-0.2, -0.15) is 0 Å². The third-order valence-electron chi connectivity index (χ3n) is 1.63. The predicted octanol–water partition coefficient (Wildman–Crippen LogP) is 1.76. The second-order valence-electron chi connectivity index (χ2n) is 2.87. The van der Waals surface area contributed by atoms with Crippen LogP contribution in [0.3, 0.4) is 0 Å². The molecule has 0 fully saturated rings. The van der Waals surface area contributed by atoms with Gasteiger partial charge in [0, 0.05) is 0 Å². The molecule has 0 spiro atoms. The molecule has 1 aromatic heterocycles. The lowest BCUT2D eigenvalue weighted by atomic mass is 10.3. The Morgan fingerprint density at radius 1 is 1.58 bits per heavy atom. The fourth-order valence-corrected chi connectivity index (χ4v) is 1.09. The Labute approximate surface area is 72.0 Å². The van der Waals surface area contributed by atoms with Crippen molar-refractivity contribution in [2.24, 2.45) is 0 Å². The van der Waals surface area contributed by atoms with Crippen molar-refractivity contribution in [2.45, 2.75) is 26.8 Å². The normalized spacial score (nSPS) is 10.8. The first-order chi connectivity index (χ1) is 5.66. The largest absolute Gasteiger partial charge is 0.359 e. The smallest absolute Gasteiger partial charge is 0.159 e. The Hall–Kier alpha value is -1.03. The zero-order chi connectivity index (χ0) is 9.14. The van der Waals surface area contributed by atoms with Crippen LogP contribution >= 0.6 is 0 Å². The van der Waals surface area contributed by atoms with Gasteiger partial charge in [-0.25, -0.2) is 5.06 Å². The van der Waals surface area contributed by atoms with Gasteiger partial charge >= 0.3 is 0 Å². The highest BCUT2D eigenvalue weighted by Gasteiger charge is 2.14. The fourth-order valence-electron chi connectivity index (χ4n) is 1.09. The summed E-state index contributed by atoms with van der Waals surface area (Å²) in [6.45, 7) is 5.93. The van der Waals surface area contributed by atoms with E-state index in [1.807, 2.05) is 20.8 Å². The summed E-state index contributed by atoms with van der Waals surface area (Å²) in [5.41, 5.74) is 0.882. The molecule has 0 saturated heterocycles. The summed E-state index contributed by atoms with van der Waals surface area (Å²) in [6.07, 6.45) is 1.65. The molecule has 0 aromatic carbocycles. The Bertz CT molecular complexity index is 245. The monoisotopic (exact) mass is 170 g/mol. The third-order valence-corrected chi connectivity index (χ3v) is 1.63. The first-order valence-corrected chi connectivity index (χ1v) is 3.91. The molecule has 0 aliphatic rings. The minimum absolute atomic E-state index is 0.271. The van der Waals surface area contributed by atoms with E-state index in [-0.39, 0.29) is 6.04 Å². The highest BCUT2D eigenvalue weighted by Crippen LogP contribution is 2.20. The number of hydrogen-bond acceptors (Lipinski definition) is 4. The van der Waals surface area contributed by atoms with Gasteiger partial charge in [0.05, 0.1) is 19.3 Å². The minimum atomic E-state index is 0.271. The molecule has 4 heteroatoms. The Morgan fingerprint density at radius 2 is 2.25 bits per heavy atom. The van der Waals surface area contributed by atoms with Gasteiger partial charge in [0.2, 0.25) is 0 Å². The predicted molar refractivity (Wildman–Crippen MR) is 45.9 cm³/mol. The summed E-state index contributed by atoms with van der Waals surface area (Å²) >= 11 is 0. The van der Waals surface area contributed by atoms with Crippen LogP contribution in [0.4, 0.5) is 5.69 Å². The molecule has 0 saturated carbocycles. The highest BCUT2D eigenvalue weighted by atomic mass is 16.7. The summed E-state index contributed by atoms with van der Waals surface area (Å²) in [4.78, 5) is 5.17. The molecule has 0 amide bonds. The van der Waals surface area contributed by atoms with E-state index in [2.05, 4.69) is 5.16 Å². The molecule has 68 valence electrons. The molecule has 1 aromatic rings. The van der Waals surface area contributed by atoms with Crippen LogP contribution in [0.2, 0.25) is 0 Å². The van der Waals surface area contributed by atoms with Crippen LogP contribution in [0.15, 0.2) is 10.7 Å². The zero-order valence-electron chi connectivity index (χ0n) is 7.87. The number of hydrogen-bond donors (Lipinski definition) is 0. The van der Waals surface area contributed by atoms with Gasteiger partial charge in [-0.15, -0.1) is 0 Å². The second kappa shape index (κ2) is 3.58. The van der Waals surface area contributed by atoms with E-state index < -0.39 is 0 Å². The Kier molecular flexibility index (Phi) is 2.70. The number of nitrogens with zero attached hydrogens (tertiary/aromatic N) is 2. The van der Waals surface area contributed by atoms with Gasteiger partial charge < -0.3 is 4.52 Å². The van der Waals surface area contributed by atoms with E-state index in [4.69, 9.17) is 9.36 Å². The van der Waals surface area contributed by atoms with Crippen LogP contribution in [0.1, 0.15) is 19.6 Å². The molecule has 1 heterocycles. The number of rotatable bonds is 3. The van der Waals surface area contributed by atoms with E-state index in [0.717, 1.165) is 11.4 Å². The molecule has 0 bridgehead atoms. The maximum atomic E-state index is 5.17. The van der Waals surface area contributed by atoms with Gasteiger partial charge in [-0.05, 0) is 20.8 Å². The molecule has 1 rings (SSSR count). The van der Waals surface area contributed by atoms with E-state index in [1.165, 1.54) is 0 Å². The summed E-state index contributed by atoms with van der Waals surface area (Å²) < 4.78 is 4.93. The van der Waals surface area contributed by atoms with E-state index in [9.17, 15) is 0 Å². The van der Waals surface area contributed by atoms with Gasteiger partial charge in [-0.1, -0.05) is 5.16 Å². The Morgan fingerprint density at radius 3 is 2.58 bits per heavy atom. The lowest BCUT2D eigenvalue weighted by Crippen LogP contribution is -2.29. The lowest BCUT2D eigenvalue weighted by molar-refractivity contribution is 0.147. The van der Waals surface area contributed by atoms with Crippen molar-refractivity contribution in [3.63, 3.8) is 0 Å². The van der Waals surface area contributed by atoms with E-state index in [1.54, 1.807) is 18.4 Å². The molecule has 0 atom stereocenters. The van der Waals surface area contributed by atoms with Gasteiger partial charge in [0.1, 0.15) is 5.69 Å². The second-order valence-corrected chi connectivity index (χ2v) is 2.87. The van der Waals surface area contributed by atoms with Crippen molar-refractivity contribution >= 4 is 5.69 Å². The minimum Gasteiger partial charge on any atom is -0.359 e. The summed E-state index contributed by atoms with van der Waals surface area (Å²) in [6, 6.07) is 0.271. The zero-order valence-corrected chi connectivity index (χ0v) is 7.87. The van der Waals surface area contributed by atoms with Gasteiger partial charge in [0.25, 0.3) is 0 Å². The van der Waals surface area contributed by atoms with Crippen molar-refractivity contribution in [1.29, 1.82) is 0 Å². The van der Waals surface area contributed by atoms with Crippen LogP contribution < -0.4 is 5.06 Å². The average molecular weight is 170 g/mol. The summed E-state index contributed by atoms with van der Waals surface area (Å²) in [5, 5.41) is 5.43. The van der Waals surface area contributed by atoms with Crippen molar-refractivity contribution in [1.82, 2.24) is 5.16 Å². The first kappa shape index (κ1) is 9.06. The molecule has 4 nitrogen and oxygen atoms in total. The molecule has 0 aliphatic heterocycles. The fraction of sp³-hybridized carbons (Fsp3) is 0.625. The van der Waals surface area contributed by atoms with Crippen molar-refractivity contribution in [2.75, 3.05) is 12.2 Å². The van der Waals surface area contributed by atoms with Crippen molar-refractivity contribution < 1.29 is 9.36 Å². The van der Waals surface area contributed by atoms with Gasteiger partial charge in [-0.3, -0.25) is 4.84 Å². The molecular weight excluding hydrogens is 156 g/mol. The third kappa shape index (κ3) is 1.58. The number of aromatic nitrogens is 1. The van der Waals surface area contributed by atoms with Crippen molar-refractivity contribution in [3.05, 3.63) is 12.0 Å². The maximum Gasteiger partial charge on any atom is 0.159 e. The number of anilines is 1. The van der Waals surface area contributed by atoms with E-state index >= 15 is 0 Å². The maximum absolute atomic E-state index is 5.17. The van der Waals surface area contributed by atoms with Gasteiger partial charge in [0.15, 0.2) is 5.76 Å². The highest BCUT2D eigenvalue weighted by molar-refractivity contribution is 5.44. The average Bonchev–Trinajstić information content (AvgIpc) is 2.38. The topological polar surface area (TPSA) is 38.5 Å². The van der Waals surface area contributed by atoms with Crippen LogP contribution in [0.5, 0.6) is 0 Å². The molecule has 0 aliphatic carbocycles. The van der Waals surface area contributed by atoms with Crippen LogP contribution in [-0.2, 0) is 4.84 Å². The van der Waals surface area contributed by atoms with Crippen LogP contribution in [0, 0.1) is 6.92 Å². The lowest BCUT2D eigenvalue weighted by Gasteiger charge is -2.23.